The Bertz CT molecular complexity index is 661. The minimum Gasteiger partial charge on any atom is -0.321 e. The van der Waals surface area contributed by atoms with E-state index in [0.29, 0.717) is 10.6 Å². The van der Waals surface area contributed by atoms with E-state index in [1.807, 2.05) is 54.6 Å². The van der Waals surface area contributed by atoms with E-state index >= 15 is 0 Å². The van der Waals surface area contributed by atoms with Gasteiger partial charge in [-0.15, -0.1) is 0 Å². The first-order chi connectivity index (χ1) is 8.74. The molecule has 0 aromatic heterocycles. The highest BCUT2D eigenvalue weighted by molar-refractivity contribution is 6.35. The van der Waals surface area contributed by atoms with Crippen LogP contribution in [0.25, 0.3) is 11.6 Å². The Hall–Kier alpha value is -2.06. The van der Waals surface area contributed by atoms with Gasteiger partial charge in [0.1, 0.15) is 0 Å². The molecular weight excluding hydrogens is 246 g/mol. The van der Waals surface area contributed by atoms with Crippen molar-refractivity contribution in [3.8, 4) is 0 Å². The van der Waals surface area contributed by atoms with Crippen molar-refractivity contribution in [2.75, 3.05) is 5.32 Å². The van der Waals surface area contributed by atoms with E-state index in [0.717, 1.165) is 16.8 Å². The Kier molecular flexibility index (Phi) is 2.65. The molecule has 1 aliphatic rings. The SMILES string of the molecule is O=C1Nc2ccccc2/C1=C\c1cccc(Cl)c1. The fourth-order valence-electron chi connectivity index (χ4n) is 2.05. The number of anilines is 1. The standard InChI is InChI=1S/C15H10ClNO/c16-11-5-3-4-10(8-11)9-13-12-6-1-2-7-14(12)17-15(13)18/h1-9H,(H,17,18)/b13-9+. The quantitative estimate of drug-likeness (QED) is 0.771. The minimum atomic E-state index is -0.0730. The number of carbonyl (C=O) groups excluding carboxylic acids is 1. The molecule has 1 N–H and O–H groups in total. The van der Waals surface area contributed by atoms with Crippen molar-refractivity contribution in [1.29, 1.82) is 0 Å². The molecule has 0 radical (unpaired) electrons. The van der Waals surface area contributed by atoms with Crippen molar-refractivity contribution in [3.05, 3.63) is 64.7 Å². The van der Waals surface area contributed by atoms with E-state index in [-0.39, 0.29) is 5.91 Å². The molecule has 1 amide bonds. The normalized spacial score (nSPS) is 15.6. The molecule has 0 spiro atoms. The zero-order chi connectivity index (χ0) is 12.5. The Labute approximate surface area is 110 Å². The molecule has 88 valence electrons. The van der Waals surface area contributed by atoms with Crippen molar-refractivity contribution in [3.63, 3.8) is 0 Å². The molecule has 18 heavy (non-hydrogen) atoms. The first-order valence-corrected chi connectivity index (χ1v) is 6.00. The Morgan fingerprint density at radius 1 is 1.06 bits per heavy atom. The average molecular weight is 256 g/mol. The van der Waals surface area contributed by atoms with Crippen LogP contribution in [0.1, 0.15) is 11.1 Å². The molecule has 1 heterocycles. The summed E-state index contributed by atoms with van der Waals surface area (Å²) in [6.07, 6.45) is 1.85. The van der Waals surface area contributed by atoms with Crippen molar-refractivity contribution in [1.82, 2.24) is 0 Å². The summed E-state index contributed by atoms with van der Waals surface area (Å²) in [5.74, 6) is -0.0730. The Balaban J connectivity index is 2.10. The molecule has 0 saturated heterocycles. The van der Waals surface area contributed by atoms with E-state index in [9.17, 15) is 4.79 Å². The van der Waals surface area contributed by atoms with Gasteiger partial charge < -0.3 is 5.32 Å². The monoisotopic (exact) mass is 255 g/mol. The fourth-order valence-corrected chi connectivity index (χ4v) is 2.24. The van der Waals surface area contributed by atoms with Crippen LogP contribution in [0, 0.1) is 0 Å². The van der Waals surface area contributed by atoms with Crippen molar-refractivity contribution >= 4 is 34.8 Å². The van der Waals surface area contributed by atoms with Crippen molar-refractivity contribution in [2.45, 2.75) is 0 Å². The second kappa shape index (κ2) is 4.31. The van der Waals surface area contributed by atoms with Crippen molar-refractivity contribution < 1.29 is 4.79 Å². The minimum absolute atomic E-state index is 0.0730. The average Bonchev–Trinajstić information content (AvgIpc) is 2.66. The molecule has 1 aliphatic heterocycles. The molecule has 0 fully saturated rings. The van der Waals surface area contributed by atoms with Crippen LogP contribution in [0.5, 0.6) is 0 Å². The smallest absolute Gasteiger partial charge is 0.256 e. The second-order valence-electron chi connectivity index (χ2n) is 4.11. The number of hydrogen-bond donors (Lipinski definition) is 1. The van der Waals surface area contributed by atoms with Gasteiger partial charge in [-0.05, 0) is 29.8 Å². The first-order valence-electron chi connectivity index (χ1n) is 5.62. The number of benzene rings is 2. The lowest BCUT2D eigenvalue weighted by Crippen LogP contribution is -2.03. The summed E-state index contributed by atoms with van der Waals surface area (Å²) >= 11 is 5.94. The van der Waals surface area contributed by atoms with Crippen LogP contribution in [-0.4, -0.2) is 5.91 Å². The highest BCUT2D eigenvalue weighted by atomic mass is 35.5. The summed E-state index contributed by atoms with van der Waals surface area (Å²) in [7, 11) is 0. The third kappa shape index (κ3) is 1.91. The number of fused-ring (bicyclic) bond motifs is 1. The largest absolute Gasteiger partial charge is 0.321 e. The number of amides is 1. The lowest BCUT2D eigenvalue weighted by atomic mass is 10.0. The van der Waals surface area contributed by atoms with Crippen LogP contribution in [0.2, 0.25) is 5.02 Å². The maximum absolute atomic E-state index is 11.9. The number of halogens is 1. The molecule has 0 aliphatic carbocycles. The number of nitrogens with one attached hydrogen (secondary N) is 1. The van der Waals surface area contributed by atoms with Gasteiger partial charge in [0.05, 0.1) is 0 Å². The maximum Gasteiger partial charge on any atom is 0.256 e. The molecule has 2 aromatic carbocycles. The fraction of sp³-hybridized carbons (Fsp3) is 0. The van der Waals surface area contributed by atoms with Gasteiger partial charge in [-0.25, -0.2) is 0 Å². The van der Waals surface area contributed by atoms with Crippen LogP contribution >= 0.6 is 11.6 Å². The predicted octanol–water partition coefficient (Wildman–Crippen LogP) is 3.83. The highest BCUT2D eigenvalue weighted by Crippen LogP contribution is 2.32. The molecule has 0 atom stereocenters. The van der Waals surface area contributed by atoms with E-state index in [2.05, 4.69) is 5.32 Å². The lowest BCUT2D eigenvalue weighted by Gasteiger charge is -1.98. The van der Waals surface area contributed by atoms with Gasteiger partial charge in [0, 0.05) is 21.8 Å². The van der Waals surface area contributed by atoms with E-state index in [4.69, 9.17) is 11.6 Å². The van der Waals surface area contributed by atoms with Crippen LogP contribution in [0.4, 0.5) is 5.69 Å². The van der Waals surface area contributed by atoms with E-state index in [1.54, 1.807) is 0 Å². The van der Waals surface area contributed by atoms with Gasteiger partial charge in [0.25, 0.3) is 5.91 Å². The van der Waals surface area contributed by atoms with Crippen molar-refractivity contribution in [2.24, 2.45) is 0 Å². The van der Waals surface area contributed by atoms with Gasteiger partial charge >= 0.3 is 0 Å². The Morgan fingerprint density at radius 3 is 2.72 bits per heavy atom. The molecule has 2 nitrogen and oxygen atoms in total. The van der Waals surface area contributed by atoms with Crippen LogP contribution < -0.4 is 5.32 Å². The maximum atomic E-state index is 11.9. The second-order valence-corrected chi connectivity index (χ2v) is 4.55. The summed E-state index contributed by atoms with van der Waals surface area (Å²) in [4.78, 5) is 11.9. The van der Waals surface area contributed by atoms with Gasteiger partial charge in [-0.1, -0.05) is 41.9 Å². The number of para-hydroxylation sites is 1. The molecule has 0 unspecified atom stereocenters. The number of rotatable bonds is 1. The first kappa shape index (κ1) is 11.1. The predicted molar refractivity (Wildman–Crippen MR) is 74.4 cm³/mol. The van der Waals surface area contributed by atoms with Crippen LogP contribution in [-0.2, 0) is 4.79 Å². The third-order valence-electron chi connectivity index (χ3n) is 2.87. The zero-order valence-electron chi connectivity index (χ0n) is 9.48. The number of hydrogen-bond acceptors (Lipinski definition) is 1. The van der Waals surface area contributed by atoms with Gasteiger partial charge in [0.15, 0.2) is 0 Å². The molecular formula is C15H10ClNO. The summed E-state index contributed by atoms with van der Waals surface area (Å²) in [6.45, 7) is 0. The molecule has 2 aromatic rings. The molecule has 3 heteroatoms. The van der Waals surface area contributed by atoms with E-state index in [1.165, 1.54) is 0 Å². The summed E-state index contributed by atoms with van der Waals surface area (Å²) in [5.41, 5.74) is 3.38. The van der Waals surface area contributed by atoms with Gasteiger partial charge in [0.2, 0.25) is 0 Å². The topological polar surface area (TPSA) is 29.1 Å². The summed E-state index contributed by atoms with van der Waals surface area (Å²) in [5, 5.41) is 3.51. The molecule has 3 rings (SSSR count). The highest BCUT2D eigenvalue weighted by Gasteiger charge is 2.23. The summed E-state index contributed by atoms with van der Waals surface area (Å²) < 4.78 is 0. The van der Waals surface area contributed by atoms with E-state index < -0.39 is 0 Å². The zero-order valence-corrected chi connectivity index (χ0v) is 10.2. The lowest BCUT2D eigenvalue weighted by molar-refractivity contribution is -0.110. The Morgan fingerprint density at radius 2 is 1.89 bits per heavy atom. The van der Waals surface area contributed by atoms with Gasteiger partial charge in [-0.3, -0.25) is 4.79 Å². The van der Waals surface area contributed by atoms with Crippen LogP contribution in [0.15, 0.2) is 48.5 Å². The summed E-state index contributed by atoms with van der Waals surface area (Å²) in [6, 6.07) is 15.1. The third-order valence-corrected chi connectivity index (χ3v) is 3.10. The molecule has 0 saturated carbocycles. The number of carbonyl (C=O) groups is 1. The van der Waals surface area contributed by atoms with Gasteiger partial charge in [-0.2, -0.15) is 0 Å². The van der Waals surface area contributed by atoms with Crippen LogP contribution in [0.3, 0.4) is 0 Å². The molecule has 0 bridgehead atoms.